The molecule has 2 aliphatic heterocycles. The van der Waals surface area contributed by atoms with Crippen molar-refractivity contribution in [1.29, 1.82) is 0 Å². The Bertz CT molecular complexity index is 851. The number of amides is 1. The van der Waals surface area contributed by atoms with E-state index in [1.807, 2.05) is 0 Å². The second kappa shape index (κ2) is 6.88. The van der Waals surface area contributed by atoms with E-state index in [1.54, 1.807) is 19.9 Å². The average Bonchev–Trinajstić information content (AvgIpc) is 2.60. The van der Waals surface area contributed by atoms with Crippen LogP contribution in [-0.4, -0.2) is 48.9 Å². The maximum atomic E-state index is 13.1. The number of benzene rings is 1. The van der Waals surface area contributed by atoms with Gasteiger partial charge < -0.3 is 15.2 Å². The van der Waals surface area contributed by atoms with E-state index in [-0.39, 0.29) is 23.9 Å². The molecule has 142 valence electrons. The van der Waals surface area contributed by atoms with E-state index >= 15 is 0 Å². The number of carboxylic acid groups (broad SMARTS) is 1. The van der Waals surface area contributed by atoms with Gasteiger partial charge in [-0.1, -0.05) is 6.92 Å². The predicted octanol–water partition coefficient (Wildman–Crippen LogP) is 1.59. The molecule has 1 amide bonds. The van der Waals surface area contributed by atoms with Gasteiger partial charge in [-0.15, -0.1) is 0 Å². The van der Waals surface area contributed by atoms with Gasteiger partial charge in [0.15, 0.2) is 6.10 Å². The first-order valence-electron chi connectivity index (χ1n) is 8.59. The molecule has 0 unspecified atom stereocenters. The maximum absolute atomic E-state index is 13.1. The van der Waals surface area contributed by atoms with Crippen LogP contribution in [-0.2, 0) is 19.6 Å². The van der Waals surface area contributed by atoms with E-state index in [0.29, 0.717) is 36.3 Å². The van der Waals surface area contributed by atoms with Gasteiger partial charge in [-0.05, 0) is 37.8 Å². The Hall–Kier alpha value is -2.13. The molecule has 0 radical (unpaired) electrons. The Balaban J connectivity index is 1.96. The molecule has 2 atom stereocenters. The van der Waals surface area contributed by atoms with Crippen LogP contribution in [0.4, 0.5) is 5.69 Å². The van der Waals surface area contributed by atoms with Crippen molar-refractivity contribution >= 4 is 27.6 Å². The van der Waals surface area contributed by atoms with Gasteiger partial charge in [-0.3, -0.25) is 9.59 Å². The third kappa shape index (κ3) is 3.28. The highest BCUT2D eigenvalue weighted by atomic mass is 32.2. The van der Waals surface area contributed by atoms with Crippen molar-refractivity contribution in [1.82, 2.24) is 4.31 Å². The maximum Gasteiger partial charge on any atom is 0.307 e. The van der Waals surface area contributed by atoms with Crippen LogP contribution in [0.2, 0.25) is 0 Å². The number of aliphatic carboxylic acids is 1. The van der Waals surface area contributed by atoms with Crippen LogP contribution in [0.3, 0.4) is 0 Å². The number of ether oxygens (including phenoxy) is 1. The lowest BCUT2D eigenvalue weighted by atomic mass is 10.0. The van der Waals surface area contributed by atoms with Gasteiger partial charge in [0, 0.05) is 19.2 Å². The number of rotatable bonds is 4. The van der Waals surface area contributed by atoms with E-state index in [2.05, 4.69) is 5.32 Å². The number of aryl methyl sites for hydroxylation is 1. The molecule has 8 nitrogen and oxygen atoms in total. The molecule has 0 aromatic heterocycles. The fraction of sp³-hybridized carbons (Fsp3) is 0.529. The van der Waals surface area contributed by atoms with Crippen LogP contribution in [0.1, 0.15) is 31.7 Å². The first-order valence-corrected chi connectivity index (χ1v) is 10.0. The van der Waals surface area contributed by atoms with Gasteiger partial charge >= 0.3 is 5.97 Å². The van der Waals surface area contributed by atoms with Crippen molar-refractivity contribution in [3.05, 3.63) is 17.7 Å². The topological polar surface area (TPSA) is 113 Å². The van der Waals surface area contributed by atoms with E-state index in [9.17, 15) is 23.1 Å². The molecule has 9 heteroatoms. The average molecular weight is 382 g/mol. The zero-order chi connectivity index (χ0) is 19.1. The summed E-state index contributed by atoms with van der Waals surface area (Å²) >= 11 is 0. The molecule has 1 fully saturated rings. The second-order valence-corrected chi connectivity index (χ2v) is 8.56. The molecular formula is C17H22N2O6S. The Morgan fingerprint density at radius 3 is 2.81 bits per heavy atom. The van der Waals surface area contributed by atoms with Crippen LogP contribution in [0.15, 0.2) is 17.0 Å². The zero-order valence-corrected chi connectivity index (χ0v) is 15.5. The minimum Gasteiger partial charge on any atom is -0.481 e. The second-order valence-electron chi connectivity index (χ2n) is 6.66. The molecular weight excluding hydrogens is 360 g/mol. The third-order valence-electron chi connectivity index (χ3n) is 4.82. The summed E-state index contributed by atoms with van der Waals surface area (Å²) in [4.78, 5) is 23.2. The lowest BCUT2D eigenvalue weighted by molar-refractivity contribution is -0.142. The molecule has 0 spiro atoms. The highest BCUT2D eigenvalue weighted by Crippen LogP contribution is 2.36. The molecule has 2 aliphatic rings. The first-order chi connectivity index (χ1) is 12.2. The summed E-state index contributed by atoms with van der Waals surface area (Å²) in [6.07, 6.45) is 0.781. The van der Waals surface area contributed by atoms with E-state index in [4.69, 9.17) is 4.74 Å². The smallest absolute Gasteiger partial charge is 0.307 e. The molecule has 26 heavy (non-hydrogen) atoms. The molecule has 0 bridgehead atoms. The highest BCUT2D eigenvalue weighted by Gasteiger charge is 2.35. The third-order valence-corrected chi connectivity index (χ3v) is 6.83. The van der Waals surface area contributed by atoms with Gasteiger partial charge in [0.05, 0.1) is 16.5 Å². The number of nitrogens with zero attached hydrogens (tertiary/aromatic N) is 1. The minimum absolute atomic E-state index is 0.0383. The van der Waals surface area contributed by atoms with Crippen LogP contribution in [0.5, 0.6) is 5.75 Å². The van der Waals surface area contributed by atoms with Gasteiger partial charge in [0.25, 0.3) is 5.91 Å². The summed E-state index contributed by atoms with van der Waals surface area (Å²) in [6, 6.07) is 3.00. The first kappa shape index (κ1) is 18.7. The van der Waals surface area contributed by atoms with Crippen molar-refractivity contribution in [2.75, 3.05) is 18.4 Å². The zero-order valence-electron chi connectivity index (χ0n) is 14.7. The number of nitrogens with one attached hydrogen (secondary N) is 1. The number of carbonyl (C=O) groups excluding carboxylic acids is 1. The number of carboxylic acids is 1. The summed E-state index contributed by atoms with van der Waals surface area (Å²) in [7, 11) is -3.85. The lowest BCUT2D eigenvalue weighted by Crippen LogP contribution is -2.42. The van der Waals surface area contributed by atoms with Crippen molar-refractivity contribution in [3.8, 4) is 5.75 Å². The Morgan fingerprint density at radius 2 is 2.15 bits per heavy atom. The van der Waals surface area contributed by atoms with Crippen LogP contribution < -0.4 is 10.1 Å². The van der Waals surface area contributed by atoms with Gasteiger partial charge in [0.2, 0.25) is 10.0 Å². The van der Waals surface area contributed by atoms with Crippen molar-refractivity contribution in [2.24, 2.45) is 5.92 Å². The summed E-state index contributed by atoms with van der Waals surface area (Å²) in [5.74, 6) is -1.62. The Morgan fingerprint density at radius 1 is 1.42 bits per heavy atom. The molecule has 1 aromatic rings. The molecule has 2 N–H and O–H groups in total. The molecule has 0 saturated carbocycles. The number of hydrogen-bond acceptors (Lipinski definition) is 5. The number of hydrogen-bond donors (Lipinski definition) is 2. The Labute approximate surface area is 152 Å². The standard InChI is InChI=1S/C17H22N2O6S/c1-3-13-16(20)18-12-7-10(2)15(8-14(12)25-13)26(23,24)19-6-4-5-11(9-19)17(21)22/h7-8,11,13H,3-6,9H2,1-2H3,(H,18,20)(H,21,22)/t11-,13-/m0/s1. The van der Waals surface area contributed by atoms with Crippen LogP contribution >= 0.6 is 0 Å². The normalized spacial score (nSPS) is 23.7. The molecule has 1 aromatic carbocycles. The van der Waals surface area contributed by atoms with Crippen molar-refractivity contribution in [3.63, 3.8) is 0 Å². The largest absolute Gasteiger partial charge is 0.481 e. The van der Waals surface area contributed by atoms with Gasteiger partial charge in [-0.2, -0.15) is 4.31 Å². The number of anilines is 1. The van der Waals surface area contributed by atoms with E-state index in [1.165, 1.54) is 10.4 Å². The van der Waals surface area contributed by atoms with Crippen LogP contribution in [0, 0.1) is 12.8 Å². The van der Waals surface area contributed by atoms with Crippen molar-refractivity contribution < 1.29 is 27.9 Å². The predicted molar refractivity (Wildman–Crippen MR) is 93.6 cm³/mol. The minimum atomic E-state index is -3.85. The number of carbonyl (C=O) groups is 2. The number of piperidine rings is 1. The summed E-state index contributed by atoms with van der Waals surface area (Å²) < 4.78 is 33.0. The highest BCUT2D eigenvalue weighted by molar-refractivity contribution is 7.89. The quantitative estimate of drug-likeness (QED) is 0.818. The molecule has 2 heterocycles. The SMILES string of the molecule is CC[C@@H]1Oc2cc(S(=O)(=O)N3CCC[C@H](C(=O)O)C3)c(C)cc2NC1=O. The Kier molecular flexibility index (Phi) is 4.94. The van der Waals surface area contributed by atoms with Gasteiger partial charge in [-0.25, -0.2) is 8.42 Å². The molecule has 0 aliphatic carbocycles. The molecule has 1 saturated heterocycles. The fourth-order valence-electron chi connectivity index (χ4n) is 3.33. The lowest BCUT2D eigenvalue weighted by Gasteiger charge is -2.31. The number of sulfonamides is 1. The summed E-state index contributed by atoms with van der Waals surface area (Å²) in [6.45, 7) is 3.70. The monoisotopic (exact) mass is 382 g/mol. The van der Waals surface area contributed by atoms with Crippen LogP contribution in [0.25, 0.3) is 0 Å². The summed E-state index contributed by atoms with van der Waals surface area (Å²) in [5, 5.41) is 11.9. The van der Waals surface area contributed by atoms with Gasteiger partial charge in [0.1, 0.15) is 5.75 Å². The summed E-state index contributed by atoms with van der Waals surface area (Å²) in [5.41, 5.74) is 0.915. The fourth-order valence-corrected chi connectivity index (χ4v) is 5.08. The van der Waals surface area contributed by atoms with Crippen molar-refractivity contribution in [2.45, 2.75) is 44.1 Å². The van der Waals surface area contributed by atoms with E-state index in [0.717, 1.165) is 0 Å². The number of fused-ring (bicyclic) bond motifs is 1. The van der Waals surface area contributed by atoms with E-state index < -0.39 is 28.0 Å². The molecule has 3 rings (SSSR count).